The van der Waals surface area contributed by atoms with Crippen molar-refractivity contribution in [3.05, 3.63) is 35.2 Å². The minimum Gasteiger partial charge on any atom is -0.508 e. The van der Waals surface area contributed by atoms with Crippen LogP contribution in [0.4, 0.5) is 5.82 Å². The van der Waals surface area contributed by atoms with Crippen LogP contribution >= 0.6 is 0 Å². The van der Waals surface area contributed by atoms with Crippen molar-refractivity contribution in [3.63, 3.8) is 0 Å². The molecule has 0 saturated heterocycles. The molecule has 4 rings (SSSR count). The number of primary amides is 1. The number of carbonyl (C=O) groups is 1. The Bertz CT molecular complexity index is 1280. The normalized spacial score (nSPS) is 11.4. The van der Waals surface area contributed by atoms with Crippen LogP contribution in [0.15, 0.2) is 18.5 Å². The molecule has 1 aromatic carbocycles. The summed E-state index contributed by atoms with van der Waals surface area (Å²) in [6, 6.07) is 3.39. The van der Waals surface area contributed by atoms with Gasteiger partial charge in [0, 0.05) is 12.6 Å². The van der Waals surface area contributed by atoms with Crippen molar-refractivity contribution in [3.8, 4) is 17.3 Å². The second-order valence-electron chi connectivity index (χ2n) is 6.71. The molecule has 0 bridgehead atoms. The maximum Gasteiger partial charge on any atom is 0.253 e. The van der Waals surface area contributed by atoms with Gasteiger partial charge in [-0.2, -0.15) is 4.98 Å². The van der Waals surface area contributed by atoms with Crippen LogP contribution in [0.1, 0.15) is 21.5 Å². The largest absolute Gasteiger partial charge is 0.508 e. The van der Waals surface area contributed by atoms with Gasteiger partial charge >= 0.3 is 0 Å². The number of hydrogen-bond donors (Lipinski definition) is 3. The van der Waals surface area contributed by atoms with E-state index >= 15 is 0 Å². The Morgan fingerprint density at radius 1 is 1.29 bits per heavy atom. The summed E-state index contributed by atoms with van der Waals surface area (Å²) in [5, 5.41) is 10.7. The highest BCUT2D eigenvalue weighted by Crippen LogP contribution is 2.41. The summed E-state index contributed by atoms with van der Waals surface area (Å²) in [5.74, 6) is -0.230. The van der Waals surface area contributed by atoms with Gasteiger partial charge in [0.2, 0.25) is 5.88 Å². The van der Waals surface area contributed by atoms with E-state index < -0.39 is 5.91 Å². The van der Waals surface area contributed by atoms with Crippen LogP contribution in [0.2, 0.25) is 0 Å². The van der Waals surface area contributed by atoms with Gasteiger partial charge in [-0.1, -0.05) is 6.07 Å². The SMILES string of the molecule is COc1nc2c(ncn2C)c2c1c(C(N)=O)c(N)n2-c1c(C)ccc(O)c1C. The summed E-state index contributed by atoms with van der Waals surface area (Å²) in [5.41, 5.74) is 16.0. The number of ether oxygens (including phenoxy) is 1. The van der Waals surface area contributed by atoms with Crippen molar-refractivity contribution in [2.24, 2.45) is 12.8 Å². The number of methoxy groups -OCH3 is 1. The van der Waals surface area contributed by atoms with Gasteiger partial charge in [-0.15, -0.1) is 0 Å². The van der Waals surface area contributed by atoms with Crippen LogP contribution in [0.5, 0.6) is 11.6 Å². The summed E-state index contributed by atoms with van der Waals surface area (Å²) < 4.78 is 8.90. The lowest BCUT2D eigenvalue weighted by Crippen LogP contribution is -2.14. The van der Waals surface area contributed by atoms with Gasteiger partial charge in [-0.05, 0) is 25.5 Å². The van der Waals surface area contributed by atoms with Gasteiger partial charge in [0.05, 0.1) is 35.6 Å². The Labute approximate surface area is 160 Å². The zero-order valence-electron chi connectivity index (χ0n) is 15.9. The molecule has 0 atom stereocenters. The van der Waals surface area contributed by atoms with Gasteiger partial charge < -0.3 is 25.9 Å². The first kappa shape index (κ1) is 17.7. The summed E-state index contributed by atoms with van der Waals surface area (Å²) in [7, 11) is 3.28. The Hall–Kier alpha value is -3.75. The molecule has 144 valence electrons. The van der Waals surface area contributed by atoms with Crippen molar-refractivity contribution in [1.29, 1.82) is 0 Å². The maximum absolute atomic E-state index is 12.3. The van der Waals surface area contributed by atoms with E-state index in [-0.39, 0.29) is 23.0 Å². The van der Waals surface area contributed by atoms with E-state index in [2.05, 4.69) is 9.97 Å². The molecule has 0 fully saturated rings. The molecule has 1 amide bonds. The number of phenols is 1. The van der Waals surface area contributed by atoms with Crippen molar-refractivity contribution < 1.29 is 14.6 Å². The van der Waals surface area contributed by atoms with Crippen molar-refractivity contribution in [2.75, 3.05) is 12.8 Å². The number of imidazole rings is 1. The molecular weight excluding hydrogens is 360 g/mol. The molecule has 0 aliphatic carbocycles. The highest BCUT2D eigenvalue weighted by Gasteiger charge is 2.29. The highest BCUT2D eigenvalue weighted by molar-refractivity contribution is 6.18. The fourth-order valence-electron chi connectivity index (χ4n) is 3.70. The predicted molar refractivity (Wildman–Crippen MR) is 106 cm³/mol. The highest BCUT2D eigenvalue weighted by atomic mass is 16.5. The molecule has 5 N–H and O–H groups in total. The first-order chi connectivity index (χ1) is 13.3. The number of nitrogens with zero attached hydrogens (tertiary/aromatic N) is 4. The number of aromatic hydroxyl groups is 1. The van der Waals surface area contributed by atoms with E-state index in [1.54, 1.807) is 34.5 Å². The number of carbonyl (C=O) groups excluding carboxylic acids is 1. The number of rotatable bonds is 3. The molecule has 3 aromatic heterocycles. The summed E-state index contributed by atoms with van der Waals surface area (Å²) in [4.78, 5) is 21.2. The molecule has 0 unspecified atom stereocenters. The summed E-state index contributed by atoms with van der Waals surface area (Å²) in [6.45, 7) is 3.67. The van der Waals surface area contributed by atoms with Gasteiger partial charge in [0.25, 0.3) is 5.91 Å². The quantitative estimate of drug-likeness (QED) is 0.497. The Kier molecular flexibility index (Phi) is 3.71. The van der Waals surface area contributed by atoms with Gasteiger partial charge in [0.1, 0.15) is 17.1 Å². The van der Waals surface area contributed by atoms with Crippen LogP contribution in [0.25, 0.3) is 27.8 Å². The number of amides is 1. The van der Waals surface area contributed by atoms with Crippen molar-refractivity contribution >= 4 is 33.8 Å². The first-order valence-corrected chi connectivity index (χ1v) is 8.56. The average Bonchev–Trinajstić information content (AvgIpc) is 3.16. The van der Waals surface area contributed by atoms with E-state index in [1.165, 1.54) is 7.11 Å². The number of fused-ring (bicyclic) bond motifs is 3. The number of anilines is 1. The number of benzene rings is 1. The molecule has 9 nitrogen and oxygen atoms in total. The van der Waals surface area contributed by atoms with E-state index in [9.17, 15) is 9.90 Å². The lowest BCUT2D eigenvalue weighted by molar-refractivity contribution is 0.100. The number of nitrogens with two attached hydrogens (primary N) is 2. The standard InChI is InChI=1S/C19H20N6O3/c1-8-5-6-10(26)9(2)14(8)25-15-11(12(16(25)20)17(21)27)19(28-4)23-18-13(15)22-7-24(18)3/h5-7,26H,20H2,1-4H3,(H2,21,27). The lowest BCUT2D eigenvalue weighted by atomic mass is 10.1. The number of hydrogen-bond acceptors (Lipinski definition) is 6. The predicted octanol–water partition coefficient (Wildman–Crippen LogP) is 1.92. The monoisotopic (exact) mass is 380 g/mol. The molecule has 9 heteroatoms. The van der Waals surface area contributed by atoms with E-state index in [4.69, 9.17) is 16.2 Å². The maximum atomic E-state index is 12.3. The van der Waals surface area contributed by atoms with E-state index in [1.807, 2.05) is 14.0 Å². The number of aromatic nitrogens is 4. The van der Waals surface area contributed by atoms with Gasteiger partial charge in [-0.25, -0.2) is 4.98 Å². The topological polar surface area (TPSA) is 134 Å². The third-order valence-corrected chi connectivity index (χ3v) is 5.03. The zero-order valence-corrected chi connectivity index (χ0v) is 15.9. The number of nitrogen functional groups attached to an aromatic ring is 1. The molecule has 3 heterocycles. The van der Waals surface area contributed by atoms with Crippen LogP contribution < -0.4 is 16.2 Å². The van der Waals surface area contributed by atoms with E-state index in [0.717, 1.165) is 5.56 Å². The zero-order chi connectivity index (χ0) is 20.3. The molecule has 0 radical (unpaired) electrons. The Balaban J connectivity index is 2.35. The van der Waals surface area contributed by atoms with Gasteiger partial charge in [0.15, 0.2) is 5.65 Å². The minimum atomic E-state index is -0.702. The Morgan fingerprint density at radius 3 is 2.64 bits per heavy atom. The van der Waals surface area contributed by atoms with Crippen molar-refractivity contribution in [2.45, 2.75) is 13.8 Å². The molecule has 0 aliphatic heterocycles. The smallest absolute Gasteiger partial charge is 0.253 e. The average molecular weight is 380 g/mol. The molecular formula is C19H20N6O3. The third kappa shape index (κ3) is 2.16. The molecule has 0 spiro atoms. The number of phenolic OH excluding ortho intramolecular Hbond substituents is 1. The molecule has 4 aromatic rings. The third-order valence-electron chi connectivity index (χ3n) is 5.03. The lowest BCUT2D eigenvalue weighted by Gasteiger charge is -2.16. The van der Waals surface area contributed by atoms with Crippen LogP contribution in [0, 0.1) is 13.8 Å². The summed E-state index contributed by atoms with van der Waals surface area (Å²) in [6.07, 6.45) is 1.62. The molecule has 28 heavy (non-hydrogen) atoms. The minimum absolute atomic E-state index is 0.106. The number of aryl methyl sites for hydroxylation is 2. The fourth-order valence-corrected chi connectivity index (χ4v) is 3.70. The van der Waals surface area contributed by atoms with Gasteiger partial charge in [-0.3, -0.25) is 9.36 Å². The first-order valence-electron chi connectivity index (χ1n) is 8.56. The van der Waals surface area contributed by atoms with Crippen LogP contribution in [-0.2, 0) is 7.05 Å². The second-order valence-corrected chi connectivity index (χ2v) is 6.71. The number of pyridine rings is 1. The van der Waals surface area contributed by atoms with Crippen LogP contribution in [-0.4, -0.2) is 37.2 Å². The Morgan fingerprint density at radius 2 is 2.00 bits per heavy atom. The van der Waals surface area contributed by atoms with Crippen LogP contribution in [0.3, 0.4) is 0 Å². The second kappa shape index (κ2) is 5.88. The fraction of sp³-hybridized carbons (Fsp3) is 0.211. The van der Waals surface area contributed by atoms with Crippen molar-refractivity contribution in [1.82, 2.24) is 19.1 Å². The summed E-state index contributed by atoms with van der Waals surface area (Å²) >= 11 is 0. The molecule has 0 saturated carbocycles. The molecule has 0 aliphatic rings. The van der Waals surface area contributed by atoms with E-state index in [0.29, 0.717) is 33.3 Å².